The molecule has 1 aromatic carbocycles. The first kappa shape index (κ1) is 14.5. The number of hydrogen-bond acceptors (Lipinski definition) is 6. The number of aromatic nitrogens is 4. The minimum atomic E-state index is 0.504. The van der Waals surface area contributed by atoms with E-state index in [-0.39, 0.29) is 0 Å². The third-order valence-electron chi connectivity index (χ3n) is 3.81. The molecule has 0 aliphatic carbocycles. The summed E-state index contributed by atoms with van der Waals surface area (Å²) in [5.41, 5.74) is 3.26. The van der Waals surface area contributed by atoms with Gasteiger partial charge in [0.05, 0.1) is 13.7 Å². The van der Waals surface area contributed by atoms with E-state index in [1.165, 1.54) is 0 Å². The molecule has 0 aliphatic rings. The van der Waals surface area contributed by atoms with Crippen molar-refractivity contribution in [1.82, 2.24) is 19.9 Å². The second kappa shape index (κ2) is 5.52. The fraction of sp³-hybridized carbons (Fsp3) is 0.235. The van der Waals surface area contributed by atoms with Crippen molar-refractivity contribution in [3.05, 3.63) is 41.7 Å². The lowest BCUT2D eigenvalue weighted by Gasteiger charge is -2.04. The van der Waals surface area contributed by atoms with E-state index in [2.05, 4.69) is 31.3 Å². The molecule has 0 saturated heterocycles. The molecule has 122 valence electrons. The maximum atomic E-state index is 5.49. The van der Waals surface area contributed by atoms with E-state index in [0.717, 1.165) is 22.3 Å². The van der Waals surface area contributed by atoms with Gasteiger partial charge in [-0.2, -0.15) is 4.98 Å². The topological polar surface area (TPSA) is 88.9 Å². The first-order chi connectivity index (χ1) is 11.6. The van der Waals surface area contributed by atoms with E-state index in [1.54, 1.807) is 14.0 Å². The minimum absolute atomic E-state index is 0.504. The first-order valence-electron chi connectivity index (χ1n) is 7.63. The van der Waals surface area contributed by atoms with Gasteiger partial charge in [-0.3, -0.25) is 0 Å². The predicted octanol–water partition coefficient (Wildman–Crippen LogP) is 3.34. The van der Waals surface area contributed by atoms with Crippen LogP contribution in [0.1, 0.15) is 17.4 Å². The summed E-state index contributed by atoms with van der Waals surface area (Å²) in [7, 11) is 1.67. The number of fused-ring (bicyclic) bond motifs is 2. The van der Waals surface area contributed by atoms with Crippen LogP contribution in [0.2, 0.25) is 0 Å². The van der Waals surface area contributed by atoms with Gasteiger partial charge in [0.25, 0.3) is 5.71 Å². The van der Waals surface area contributed by atoms with Crippen LogP contribution in [-0.2, 0) is 6.54 Å². The second-order valence-electron chi connectivity index (χ2n) is 5.61. The molecular formula is C17H17N5O2. The zero-order valence-electron chi connectivity index (χ0n) is 13.7. The number of nitrogens with zero attached hydrogens (tertiary/aromatic N) is 3. The number of rotatable bonds is 4. The molecule has 24 heavy (non-hydrogen) atoms. The zero-order valence-corrected chi connectivity index (χ0v) is 13.7. The number of ether oxygens (including phenoxy) is 1. The summed E-state index contributed by atoms with van der Waals surface area (Å²) >= 11 is 0. The van der Waals surface area contributed by atoms with Crippen molar-refractivity contribution in [1.29, 1.82) is 0 Å². The van der Waals surface area contributed by atoms with Crippen molar-refractivity contribution in [2.75, 3.05) is 12.4 Å². The fourth-order valence-electron chi connectivity index (χ4n) is 2.73. The smallest absolute Gasteiger partial charge is 0.252 e. The van der Waals surface area contributed by atoms with Crippen molar-refractivity contribution >= 4 is 28.0 Å². The van der Waals surface area contributed by atoms with Crippen LogP contribution in [0.4, 0.5) is 5.82 Å². The highest BCUT2D eigenvalue weighted by atomic mass is 16.5. The molecule has 0 aliphatic heterocycles. The van der Waals surface area contributed by atoms with E-state index >= 15 is 0 Å². The number of H-pyrrole nitrogens is 1. The summed E-state index contributed by atoms with van der Waals surface area (Å²) in [5, 5.41) is 4.42. The standard InChI is InChI=1S/C17H17N5O2/c1-9-19-16(15-17(20-9)24-10(2)21-15)18-8-12-6-11-7-13(23-3)4-5-14(11)22-12/h4-7,22H,8H2,1-3H3,(H,18,19,20). The maximum Gasteiger partial charge on any atom is 0.252 e. The normalized spacial score (nSPS) is 11.3. The average molecular weight is 323 g/mol. The molecule has 0 unspecified atom stereocenters. The molecule has 2 N–H and O–H groups in total. The number of hydrogen-bond donors (Lipinski definition) is 2. The quantitative estimate of drug-likeness (QED) is 0.599. The third-order valence-corrected chi connectivity index (χ3v) is 3.81. The molecule has 3 heterocycles. The van der Waals surface area contributed by atoms with Crippen LogP contribution in [-0.4, -0.2) is 27.0 Å². The van der Waals surface area contributed by atoms with E-state index in [1.807, 2.05) is 25.1 Å². The van der Waals surface area contributed by atoms with Gasteiger partial charge in [-0.25, -0.2) is 9.97 Å². The summed E-state index contributed by atoms with van der Waals surface area (Å²) in [6.07, 6.45) is 0. The Kier molecular flexibility index (Phi) is 3.34. The lowest BCUT2D eigenvalue weighted by atomic mass is 10.2. The van der Waals surface area contributed by atoms with Crippen LogP contribution >= 0.6 is 0 Å². The maximum absolute atomic E-state index is 5.49. The largest absolute Gasteiger partial charge is 0.497 e. The Hall–Kier alpha value is -3.09. The van der Waals surface area contributed by atoms with Gasteiger partial charge < -0.3 is 19.5 Å². The Morgan fingerprint density at radius 2 is 2.04 bits per heavy atom. The molecule has 0 saturated carbocycles. The van der Waals surface area contributed by atoms with E-state index in [0.29, 0.717) is 35.3 Å². The fourth-order valence-corrected chi connectivity index (χ4v) is 2.73. The first-order valence-corrected chi connectivity index (χ1v) is 7.63. The highest BCUT2D eigenvalue weighted by Gasteiger charge is 2.12. The van der Waals surface area contributed by atoms with Crippen LogP contribution in [0, 0.1) is 13.8 Å². The number of methoxy groups -OCH3 is 1. The van der Waals surface area contributed by atoms with Crippen LogP contribution in [0.5, 0.6) is 5.75 Å². The number of nitrogens with one attached hydrogen (secondary N) is 2. The Bertz CT molecular complexity index is 1030. The van der Waals surface area contributed by atoms with Crippen molar-refractivity contribution < 1.29 is 9.15 Å². The molecule has 0 radical (unpaired) electrons. The molecule has 0 atom stereocenters. The molecule has 0 fully saturated rings. The molecule has 7 nitrogen and oxygen atoms in total. The summed E-state index contributed by atoms with van der Waals surface area (Å²) in [6, 6.07) is 8.03. The predicted molar refractivity (Wildman–Crippen MR) is 91.3 cm³/mol. The number of aryl methyl sites for hydroxylation is 2. The van der Waals surface area contributed by atoms with E-state index < -0.39 is 0 Å². The Morgan fingerprint density at radius 3 is 2.88 bits per heavy atom. The number of aromatic amines is 1. The highest BCUT2D eigenvalue weighted by Crippen LogP contribution is 2.23. The minimum Gasteiger partial charge on any atom is -0.497 e. The van der Waals surface area contributed by atoms with Crippen LogP contribution in [0.3, 0.4) is 0 Å². The van der Waals surface area contributed by atoms with Gasteiger partial charge in [-0.1, -0.05) is 0 Å². The number of oxazole rings is 1. The zero-order chi connectivity index (χ0) is 16.7. The summed E-state index contributed by atoms with van der Waals surface area (Å²) in [4.78, 5) is 16.4. The van der Waals surface area contributed by atoms with Gasteiger partial charge in [-0.05, 0) is 31.2 Å². The van der Waals surface area contributed by atoms with E-state index in [4.69, 9.17) is 9.15 Å². The molecule has 0 bridgehead atoms. The average Bonchev–Trinajstić information content (AvgIpc) is 3.13. The lowest BCUT2D eigenvalue weighted by molar-refractivity contribution is 0.415. The molecule has 0 amide bonds. The molecular weight excluding hydrogens is 306 g/mol. The molecule has 4 aromatic rings. The lowest BCUT2D eigenvalue weighted by Crippen LogP contribution is -2.04. The van der Waals surface area contributed by atoms with Crippen LogP contribution < -0.4 is 10.1 Å². The van der Waals surface area contributed by atoms with Crippen molar-refractivity contribution in [3.8, 4) is 5.75 Å². The van der Waals surface area contributed by atoms with Crippen LogP contribution in [0.15, 0.2) is 28.7 Å². The van der Waals surface area contributed by atoms with E-state index in [9.17, 15) is 0 Å². The summed E-state index contributed by atoms with van der Waals surface area (Å²) in [6.45, 7) is 4.22. The van der Waals surface area contributed by atoms with Gasteiger partial charge in [-0.15, -0.1) is 0 Å². The highest BCUT2D eigenvalue weighted by molar-refractivity contribution is 5.83. The van der Waals surface area contributed by atoms with Gasteiger partial charge >= 0.3 is 0 Å². The van der Waals surface area contributed by atoms with Crippen LogP contribution in [0.25, 0.3) is 22.1 Å². The molecule has 7 heteroatoms. The molecule has 4 rings (SSSR count). The van der Waals surface area contributed by atoms with Gasteiger partial charge in [0.15, 0.2) is 17.2 Å². The summed E-state index contributed by atoms with van der Waals surface area (Å²) in [5.74, 6) is 2.73. The van der Waals surface area contributed by atoms with Gasteiger partial charge in [0.1, 0.15) is 11.6 Å². The Morgan fingerprint density at radius 1 is 1.17 bits per heavy atom. The van der Waals surface area contributed by atoms with Gasteiger partial charge in [0, 0.05) is 23.5 Å². The SMILES string of the molecule is COc1ccc2[nH]c(CNc3nc(C)nc4oc(C)nc34)cc2c1. The van der Waals surface area contributed by atoms with Crippen molar-refractivity contribution in [2.45, 2.75) is 20.4 Å². The Labute approximate surface area is 138 Å². The Balaban J connectivity index is 1.63. The molecule has 3 aromatic heterocycles. The van der Waals surface area contributed by atoms with Gasteiger partial charge in [0.2, 0.25) is 0 Å². The number of anilines is 1. The summed E-state index contributed by atoms with van der Waals surface area (Å²) < 4.78 is 10.8. The monoisotopic (exact) mass is 323 g/mol. The van der Waals surface area contributed by atoms with Crippen molar-refractivity contribution in [3.63, 3.8) is 0 Å². The third kappa shape index (κ3) is 2.54. The number of benzene rings is 1. The van der Waals surface area contributed by atoms with Crippen molar-refractivity contribution in [2.24, 2.45) is 0 Å². The molecule has 0 spiro atoms. The second-order valence-corrected chi connectivity index (χ2v) is 5.61.